The minimum absolute atomic E-state index is 0. The third kappa shape index (κ3) is 16.4. The number of aliphatic hydroxyl groups excluding tert-OH is 1. The van der Waals surface area contributed by atoms with Crippen molar-refractivity contribution in [2.45, 2.75) is 45.6 Å². The van der Waals surface area contributed by atoms with E-state index in [-0.39, 0.29) is 77.0 Å². The first-order valence-electron chi connectivity index (χ1n) is 6.89. The smallest absolute Gasteiger partial charge is 0.862 e. The Kier molecular flexibility index (Phi) is 16.9. The van der Waals surface area contributed by atoms with Crippen molar-refractivity contribution in [1.29, 1.82) is 0 Å². The summed E-state index contributed by atoms with van der Waals surface area (Å²) >= 11 is 0. The van der Waals surface area contributed by atoms with Gasteiger partial charge in [-0.2, -0.15) is 0 Å². The Labute approximate surface area is 169 Å². The maximum Gasteiger partial charge on any atom is 1.00 e. The summed E-state index contributed by atoms with van der Waals surface area (Å²) < 4.78 is 0. The van der Waals surface area contributed by atoms with Gasteiger partial charge in [0.25, 0.3) is 0 Å². The molecule has 0 aliphatic carbocycles. The zero-order valence-corrected chi connectivity index (χ0v) is 16.4. The number of hydrogen-bond donors (Lipinski definition) is 2. The fraction of sp³-hybridized carbons (Fsp3) is 0.714. The normalized spacial score (nSPS) is 13.4. The maximum atomic E-state index is 11.5. The molecule has 2 N–H and O–H groups in total. The molecule has 0 spiro atoms. The number of carbonyl (C=O) groups is 1. The number of aliphatic imine (C=N–C) groups is 1. The topological polar surface area (TPSA) is 96.2 Å². The van der Waals surface area contributed by atoms with Crippen molar-refractivity contribution >= 4 is 11.9 Å². The van der Waals surface area contributed by atoms with E-state index in [9.17, 15) is 15.0 Å². The molecule has 0 rings (SSSR count). The molecule has 21 heavy (non-hydrogen) atoms. The van der Waals surface area contributed by atoms with Crippen molar-refractivity contribution in [2.24, 2.45) is 4.99 Å². The summed E-state index contributed by atoms with van der Waals surface area (Å²) in [6.07, 6.45) is 6.44. The van der Waals surface area contributed by atoms with Gasteiger partial charge in [-0.05, 0) is 45.4 Å². The van der Waals surface area contributed by atoms with Crippen LogP contribution in [0.3, 0.4) is 0 Å². The van der Waals surface area contributed by atoms with Gasteiger partial charge in [0.2, 0.25) is 0 Å². The van der Waals surface area contributed by atoms with E-state index in [2.05, 4.69) is 11.1 Å². The van der Waals surface area contributed by atoms with Gasteiger partial charge in [-0.15, -0.1) is 0 Å². The summed E-state index contributed by atoms with van der Waals surface area (Å²) in [6, 6.07) is 0. The molecule has 6 nitrogen and oxygen atoms in total. The molecule has 0 saturated heterocycles. The van der Waals surface area contributed by atoms with E-state index in [1.54, 1.807) is 6.92 Å². The number of nitrogens with zero attached hydrogens (tertiary/aromatic N) is 2. The van der Waals surface area contributed by atoms with E-state index in [4.69, 9.17) is 5.11 Å². The van der Waals surface area contributed by atoms with Crippen LogP contribution in [0.25, 0.3) is 0 Å². The molecular weight excluding hydrogens is 299 g/mol. The van der Waals surface area contributed by atoms with Crippen LogP contribution in [0.2, 0.25) is 0 Å². The molecule has 0 fully saturated rings. The van der Waals surface area contributed by atoms with Crippen molar-refractivity contribution in [3.63, 3.8) is 0 Å². The third-order valence-corrected chi connectivity index (χ3v) is 2.58. The second-order valence-electron chi connectivity index (χ2n) is 4.76. The Morgan fingerprint density at radius 1 is 1.43 bits per heavy atom. The van der Waals surface area contributed by atoms with Crippen molar-refractivity contribution in [3.8, 4) is 0 Å². The minimum Gasteiger partial charge on any atom is -0.862 e. The van der Waals surface area contributed by atoms with Crippen molar-refractivity contribution < 1.29 is 71.5 Å². The van der Waals surface area contributed by atoms with Gasteiger partial charge in [-0.1, -0.05) is 12.2 Å². The van der Waals surface area contributed by atoms with Crippen LogP contribution in [0.15, 0.2) is 17.1 Å². The molecule has 116 valence electrons. The van der Waals surface area contributed by atoms with Crippen LogP contribution in [0.1, 0.15) is 39.5 Å². The van der Waals surface area contributed by atoms with E-state index in [1.807, 2.05) is 13.0 Å². The molecule has 0 bridgehead atoms. The van der Waals surface area contributed by atoms with Gasteiger partial charge in [0.05, 0.1) is 19.3 Å². The van der Waals surface area contributed by atoms with Gasteiger partial charge in [-0.25, -0.2) is 0 Å². The standard InChI is InChI=1S/C14H26N2O4.K/c1-3-4-5-6-7-8-13(18)15-11-16(9-12(2)17)10-14(19)20;/h3-4,12,17H,5-11H2,1-2H3,(H,15,18)(H,19,20);/q;+1/p-1/b4-3+;. The fourth-order valence-electron chi connectivity index (χ4n) is 1.70. The monoisotopic (exact) mass is 324 g/mol. The van der Waals surface area contributed by atoms with Crippen LogP contribution in [-0.2, 0) is 4.79 Å². The second kappa shape index (κ2) is 15.1. The number of unbranched alkanes of at least 4 members (excludes halogenated alkanes) is 2. The van der Waals surface area contributed by atoms with Crippen LogP contribution in [0, 0.1) is 0 Å². The molecule has 0 aromatic carbocycles. The van der Waals surface area contributed by atoms with Crippen LogP contribution in [-0.4, -0.2) is 52.8 Å². The number of rotatable bonds is 11. The number of aliphatic hydroxyl groups is 1. The van der Waals surface area contributed by atoms with E-state index in [0.717, 1.165) is 19.3 Å². The van der Waals surface area contributed by atoms with Crippen molar-refractivity contribution in [1.82, 2.24) is 4.90 Å². The molecule has 1 atom stereocenters. The molecule has 0 aliphatic rings. The van der Waals surface area contributed by atoms with Gasteiger partial charge in [-0.3, -0.25) is 14.7 Å². The number of hydrogen-bond acceptors (Lipinski definition) is 5. The van der Waals surface area contributed by atoms with E-state index >= 15 is 0 Å². The van der Waals surface area contributed by atoms with Gasteiger partial charge in [0.1, 0.15) is 0 Å². The number of aliphatic carboxylic acids is 1. The quantitative estimate of drug-likeness (QED) is 0.145. The fourth-order valence-corrected chi connectivity index (χ4v) is 1.70. The van der Waals surface area contributed by atoms with E-state index in [0.29, 0.717) is 6.42 Å². The predicted octanol–water partition coefficient (Wildman–Crippen LogP) is -2.39. The number of carboxylic acids is 1. The molecule has 7 heteroatoms. The van der Waals surface area contributed by atoms with Crippen LogP contribution < -0.4 is 56.5 Å². The van der Waals surface area contributed by atoms with Gasteiger partial charge >= 0.3 is 57.4 Å². The molecular formula is C14H25KN2O4. The van der Waals surface area contributed by atoms with Crippen LogP contribution >= 0.6 is 0 Å². The summed E-state index contributed by atoms with van der Waals surface area (Å²) in [7, 11) is 0. The zero-order chi connectivity index (χ0) is 15.4. The van der Waals surface area contributed by atoms with Gasteiger partial charge in [0.15, 0.2) is 0 Å². The summed E-state index contributed by atoms with van der Waals surface area (Å²) in [4.78, 5) is 15.9. The number of carboxylic acid groups (broad SMARTS) is 1. The Morgan fingerprint density at radius 2 is 2.10 bits per heavy atom. The SMILES string of the molecule is C/C=C/CCCCC([O-])=NCN(CC(=O)O)CC(C)O.[K+]. The molecule has 0 radical (unpaired) electrons. The first kappa shape index (κ1) is 23.5. The first-order chi connectivity index (χ1) is 9.45. The van der Waals surface area contributed by atoms with Crippen LogP contribution in [0.5, 0.6) is 0 Å². The minimum atomic E-state index is -1.00. The Balaban J connectivity index is 0. The molecule has 1 unspecified atom stereocenters. The van der Waals surface area contributed by atoms with Gasteiger partial charge in [0, 0.05) is 6.54 Å². The summed E-state index contributed by atoms with van der Waals surface area (Å²) in [5.41, 5.74) is 0. The van der Waals surface area contributed by atoms with E-state index in [1.165, 1.54) is 4.90 Å². The zero-order valence-electron chi connectivity index (χ0n) is 13.3. The molecule has 0 aliphatic heterocycles. The average Bonchev–Trinajstić information content (AvgIpc) is 2.34. The third-order valence-electron chi connectivity index (χ3n) is 2.58. The second-order valence-corrected chi connectivity index (χ2v) is 4.76. The Bertz CT molecular complexity index is 333. The molecule has 0 saturated carbocycles. The van der Waals surface area contributed by atoms with Crippen molar-refractivity contribution in [3.05, 3.63) is 12.2 Å². The number of allylic oxidation sites excluding steroid dienone is 2. The molecule has 0 aromatic rings. The largest absolute Gasteiger partial charge is 1.00 e. The summed E-state index contributed by atoms with van der Waals surface area (Å²) in [6.45, 7) is 3.50. The van der Waals surface area contributed by atoms with Crippen molar-refractivity contribution in [2.75, 3.05) is 19.8 Å². The molecule has 0 amide bonds. The van der Waals surface area contributed by atoms with E-state index < -0.39 is 12.1 Å². The molecule has 0 heterocycles. The predicted molar refractivity (Wildman–Crippen MR) is 76.5 cm³/mol. The average molecular weight is 324 g/mol. The molecule has 0 aromatic heterocycles. The summed E-state index contributed by atoms with van der Waals surface area (Å²) in [5, 5.41) is 29.5. The Hall–Kier alpha value is 0.236. The maximum absolute atomic E-state index is 11.5. The van der Waals surface area contributed by atoms with Gasteiger partial charge < -0.3 is 15.3 Å². The summed E-state index contributed by atoms with van der Waals surface area (Å²) in [5.74, 6) is -1.22. The van der Waals surface area contributed by atoms with Crippen LogP contribution in [0.4, 0.5) is 0 Å². The first-order valence-corrected chi connectivity index (χ1v) is 6.89. The Morgan fingerprint density at radius 3 is 2.62 bits per heavy atom.